The lowest BCUT2D eigenvalue weighted by Crippen LogP contribution is -2.50. The molecule has 0 radical (unpaired) electrons. The predicted octanol–water partition coefficient (Wildman–Crippen LogP) is 2.73. The molecule has 1 aliphatic carbocycles. The van der Waals surface area contributed by atoms with Crippen LogP contribution in [-0.2, 0) is 16.1 Å². The van der Waals surface area contributed by atoms with Crippen LogP contribution >= 0.6 is 0 Å². The summed E-state index contributed by atoms with van der Waals surface area (Å²) in [5.41, 5.74) is 0.967. The summed E-state index contributed by atoms with van der Waals surface area (Å²) in [6, 6.07) is 10.0. The van der Waals surface area contributed by atoms with Crippen molar-refractivity contribution in [3.05, 3.63) is 35.9 Å². The quantitative estimate of drug-likeness (QED) is 0.822. The summed E-state index contributed by atoms with van der Waals surface area (Å²) >= 11 is 0. The topological polar surface area (TPSA) is 70.1 Å². The van der Waals surface area contributed by atoms with Gasteiger partial charge in [-0.3, -0.25) is 9.69 Å². The summed E-state index contributed by atoms with van der Waals surface area (Å²) in [6.45, 7) is 1.62. The smallest absolute Gasteiger partial charge is 0.410 e. The second-order valence-corrected chi connectivity index (χ2v) is 6.94. The zero-order chi connectivity index (χ0) is 17.6. The maximum atomic E-state index is 12.5. The normalized spacial score (nSPS) is 20.5. The molecule has 6 nitrogen and oxygen atoms in total. The van der Waals surface area contributed by atoms with Crippen molar-refractivity contribution in [2.45, 2.75) is 50.8 Å². The van der Waals surface area contributed by atoms with Crippen molar-refractivity contribution >= 4 is 12.1 Å². The first-order valence-electron chi connectivity index (χ1n) is 9.06. The van der Waals surface area contributed by atoms with Crippen molar-refractivity contribution in [1.29, 1.82) is 0 Å². The third-order valence-corrected chi connectivity index (χ3v) is 4.91. The molecule has 1 saturated carbocycles. The van der Waals surface area contributed by atoms with Gasteiger partial charge in [-0.1, -0.05) is 30.3 Å². The van der Waals surface area contributed by atoms with Gasteiger partial charge in [-0.25, -0.2) is 4.79 Å². The van der Waals surface area contributed by atoms with E-state index in [0.29, 0.717) is 19.1 Å². The zero-order valence-electron chi connectivity index (χ0n) is 14.5. The predicted molar refractivity (Wildman–Crippen MR) is 93.2 cm³/mol. The highest BCUT2D eigenvalue weighted by Crippen LogP contribution is 2.29. The van der Waals surface area contributed by atoms with Crippen LogP contribution in [0.5, 0.6) is 0 Å². The van der Waals surface area contributed by atoms with Crippen LogP contribution in [0.15, 0.2) is 30.3 Å². The molecule has 2 aliphatic rings. The van der Waals surface area contributed by atoms with Gasteiger partial charge in [-0.05, 0) is 37.7 Å². The standard InChI is InChI=1S/C19H26N2O4/c22-18(23)13-20(16-9-10-16)12-17-8-4-5-11-21(17)19(24)25-14-15-6-2-1-3-7-15/h1-3,6-7,16-17H,4-5,8-14H2,(H,22,23)/t17-/m1/s1. The molecule has 0 bridgehead atoms. The SMILES string of the molecule is O=C(O)CN(C[C@H]1CCCCN1C(=O)OCc1ccccc1)C1CC1. The Balaban J connectivity index is 1.57. The molecule has 1 amide bonds. The monoisotopic (exact) mass is 346 g/mol. The van der Waals surface area contributed by atoms with Crippen LogP contribution in [0.2, 0.25) is 0 Å². The van der Waals surface area contributed by atoms with Crippen molar-refractivity contribution in [2.75, 3.05) is 19.6 Å². The molecule has 0 unspecified atom stereocenters. The van der Waals surface area contributed by atoms with E-state index < -0.39 is 5.97 Å². The Morgan fingerprint density at radius 2 is 1.92 bits per heavy atom. The molecule has 1 saturated heterocycles. The van der Waals surface area contributed by atoms with Gasteiger partial charge in [0.2, 0.25) is 0 Å². The Labute approximate surface area is 148 Å². The number of carbonyl (C=O) groups is 2. The van der Waals surface area contributed by atoms with Gasteiger partial charge in [0, 0.05) is 25.2 Å². The van der Waals surface area contributed by atoms with Crippen molar-refractivity contribution in [1.82, 2.24) is 9.80 Å². The van der Waals surface area contributed by atoms with Gasteiger partial charge in [0.1, 0.15) is 6.61 Å². The molecule has 1 aromatic carbocycles. The Morgan fingerprint density at radius 3 is 2.60 bits per heavy atom. The molecule has 1 N–H and O–H groups in total. The Bertz CT molecular complexity index is 588. The number of carbonyl (C=O) groups excluding carboxylic acids is 1. The minimum absolute atomic E-state index is 0.0389. The summed E-state index contributed by atoms with van der Waals surface area (Å²) in [6.07, 6.45) is 4.76. The number of piperidine rings is 1. The van der Waals surface area contributed by atoms with Crippen molar-refractivity contribution in [3.63, 3.8) is 0 Å². The number of hydrogen-bond donors (Lipinski definition) is 1. The Morgan fingerprint density at radius 1 is 1.16 bits per heavy atom. The highest BCUT2D eigenvalue weighted by Gasteiger charge is 2.35. The first kappa shape index (κ1) is 17.7. The molecule has 1 atom stereocenters. The first-order valence-corrected chi connectivity index (χ1v) is 9.06. The number of amides is 1. The van der Waals surface area contributed by atoms with Crippen LogP contribution in [-0.4, -0.2) is 58.7 Å². The number of likely N-dealkylation sites (tertiary alicyclic amines) is 1. The lowest BCUT2D eigenvalue weighted by molar-refractivity contribution is -0.138. The van der Waals surface area contributed by atoms with Crippen LogP contribution in [0.25, 0.3) is 0 Å². The van der Waals surface area contributed by atoms with Gasteiger partial charge in [-0.15, -0.1) is 0 Å². The van der Waals surface area contributed by atoms with Gasteiger partial charge < -0.3 is 14.7 Å². The summed E-state index contributed by atoms with van der Waals surface area (Å²) in [4.78, 5) is 27.5. The summed E-state index contributed by atoms with van der Waals surface area (Å²) in [5.74, 6) is -0.805. The number of hydrogen-bond acceptors (Lipinski definition) is 4. The van der Waals surface area contributed by atoms with E-state index in [4.69, 9.17) is 9.84 Å². The van der Waals surface area contributed by atoms with Crippen LogP contribution < -0.4 is 0 Å². The first-order chi connectivity index (χ1) is 12.1. The molecule has 0 spiro atoms. The van der Waals surface area contributed by atoms with Crippen LogP contribution in [0.4, 0.5) is 4.79 Å². The third-order valence-electron chi connectivity index (χ3n) is 4.91. The molecule has 25 heavy (non-hydrogen) atoms. The van der Waals surface area contributed by atoms with Crippen molar-refractivity contribution < 1.29 is 19.4 Å². The number of rotatable bonds is 7. The van der Waals surface area contributed by atoms with E-state index >= 15 is 0 Å². The maximum Gasteiger partial charge on any atom is 0.410 e. The zero-order valence-corrected chi connectivity index (χ0v) is 14.5. The van der Waals surface area contributed by atoms with Gasteiger partial charge in [0.15, 0.2) is 0 Å². The van der Waals surface area contributed by atoms with E-state index in [1.54, 1.807) is 4.90 Å². The number of carboxylic acids is 1. The highest BCUT2D eigenvalue weighted by molar-refractivity contribution is 5.69. The largest absolute Gasteiger partial charge is 0.480 e. The molecular formula is C19H26N2O4. The summed E-state index contributed by atoms with van der Waals surface area (Å²) in [7, 11) is 0. The number of aliphatic carboxylic acids is 1. The van der Waals surface area contributed by atoms with E-state index in [2.05, 4.69) is 0 Å². The molecule has 2 fully saturated rings. The molecule has 6 heteroatoms. The molecule has 0 aromatic heterocycles. The van der Waals surface area contributed by atoms with Crippen molar-refractivity contribution in [3.8, 4) is 0 Å². The average molecular weight is 346 g/mol. The van der Waals surface area contributed by atoms with Crippen LogP contribution in [0.1, 0.15) is 37.7 Å². The highest BCUT2D eigenvalue weighted by atomic mass is 16.6. The minimum Gasteiger partial charge on any atom is -0.480 e. The summed E-state index contributed by atoms with van der Waals surface area (Å²) in [5, 5.41) is 9.13. The van der Waals surface area contributed by atoms with E-state index in [9.17, 15) is 9.59 Å². The molecule has 1 heterocycles. The van der Waals surface area contributed by atoms with Crippen LogP contribution in [0, 0.1) is 0 Å². The number of ether oxygens (including phenoxy) is 1. The fourth-order valence-electron chi connectivity index (χ4n) is 3.46. The fourth-order valence-corrected chi connectivity index (χ4v) is 3.46. The molecular weight excluding hydrogens is 320 g/mol. The second-order valence-electron chi connectivity index (χ2n) is 6.94. The number of nitrogens with zero attached hydrogens (tertiary/aromatic N) is 2. The molecule has 136 valence electrons. The fraction of sp³-hybridized carbons (Fsp3) is 0.579. The second kappa shape index (κ2) is 8.34. The Kier molecular flexibility index (Phi) is 5.91. The third kappa shape index (κ3) is 5.19. The van der Waals surface area contributed by atoms with E-state index in [1.165, 1.54) is 0 Å². The van der Waals surface area contributed by atoms with Gasteiger partial charge in [0.25, 0.3) is 0 Å². The lowest BCUT2D eigenvalue weighted by atomic mass is 10.0. The number of carboxylic acid groups (broad SMARTS) is 1. The molecule has 1 aliphatic heterocycles. The van der Waals surface area contributed by atoms with Crippen molar-refractivity contribution in [2.24, 2.45) is 0 Å². The minimum atomic E-state index is -0.805. The van der Waals surface area contributed by atoms with Gasteiger partial charge in [0.05, 0.1) is 6.54 Å². The van der Waals surface area contributed by atoms with E-state index in [1.807, 2.05) is 35.2 Å². The average Bonchev–Trinajstić information content (AvgIpc) is 3.45. The number of benzene rings is 1. The van der Waals surface area contributed by atoms with E-state index in [0.717, 1.165) is 37.7 Å². The molecule has 3 rings (SSSR count). The maximum absolute atomic E-state index is 12.5. The summed E-state index contributed by atoms with van der Waals surface area (Å²) < 4.78 is 5.49. The van der Waals surface area contributed by atoms with Gasteiger partial charge >= 0.3 is 12.1 Å². The lowest BCUT2D eigenvalue weighted by Gasteiger charge is -2.37. The molecule has 1 aromatic rings. The van der Waals surface area contributed by atoms with Crippen LogP contribution in [0.3, 0.4) is 0 Å². The van der Waals surface area contributed by atoms with E-state index in [-0.39, 0.29) is 25.3 Å². The van der Waals surface area contributed by atoms with Gasteiger partial charge in [-0.2, -0.15) is 0 Å². The Hall–Kier alpha value is -2.08.